The van der Waals surface area contributed by atoms with Crippen molar-refractivity contribution in [3.05, 3.63) is 12.2 Å². The minimum atomic E-state index is -1.12. The second-order valence-corrected chi connectivity index (χ2v) is 17.7. The summed E-state index contributed by atoms with van der Waals surface area (Å²) in [5, 5.41) is 11.6. The van der Waals surface area contributed by atoms with Crippen molar-refractivity contribution >= 4 is 17.9 Å². The van der Waals surface area contributed by atoms with Gasteiger partial charge in [0.15, 0.2) is 6.10 Å². The van der Waals surface area contributed by atoms with Crippen molar-refractivity contribution in [1.82, 2.24) is 0 Å². The molecule has 0 saturated carbocycles. The van der Waals surface area contributed by atoms with Crippen LogP contribution in [-0.2, 0) is 28.6 Å². The number of carbonyl (C=O) groups excluding carboxylic acids is 3. The molecule has 2 atom stereocenters. The van der Waals surface area contributed by atoms with Crippen molar-refractivity contribution in [2.75, 3.05) is 41.0 Å². The third kappa shape index (κ3) is 39.3. The number of ether oxygens (including phenoxy) is 3. The zero-order valence-corrected chi connectivity index (χ0v) is 38.3. The molecule has 0 fully saturated rings. The smallest absolute Gasteiger partial charge is 0.306 e. The number of carboxylic acid groups (broad SMARTS) is 1. The summed E-state index contributed by atoms with van der Waals surface area (Å²) < 4.78 is 17.2. The van der Waals surface area contributed by atoms with Gasteiger partial charge in [0.1, 0.15) is 12.6 Å². The molecule has 0 aromatic carbocycles. The van der Waals surface area contributed by atoms with Gasteiger partial charge < -0.3 is 28.6 Å². The lowest BCUT2D eigenvalue weighted by Gasteiger charge is -2.34. The molecule has 0 aromatic heterocycles. The molecule has 0 saturated heterocycles. The van der Waals surface area contributed by atoms with Gasteiger partial charge >= 0.3 is 11.9 Å². The molecule has 8 nitrogen and oxygen atoms in total. The first kappa shape index (κ1) is 55.1. The second kappa shape index (κ2) is 40.8. The quantitative estimate of drug-likeness (QED) is 0.0261. The molecule has 0 aliphatic carbocycles. The SMILES string of the molecule is CCCCC/C=C/CCCCCCCC(=O)OCC(COCCC(C(=O)[O-])[N+](C)(C)C)OC(=O)CCCCCCCCCCCCCCCCCCCCCCC. The van der Waals surface area contributed by atoms with Crippen LogP contribution in [0.15, 0.2) is 12.2 Å². The third-order valence-corrected chi connectivity index (χ3v) is 11.2. The molecule has 57 heavy (non-hydrogen) atoms. The minimum absolute atomic E-state index is 0.0439. The molecule has 0 heterocycles. The van der Waals surface area contributed by atoms with Gasteiger partial charge in [-0.05, 0) is 38.5 Å². The Labute approximate surface area is 352 Å². The number of aliphatic carboxylic acids is 1. The Morgan fingerprint density at radius 3 is 1.30 bits per heavy atom. The van der Waals surface area contributed by atoms with Gasteiger partial charge in [0.05, 0.1) is 40.3 Å². The molecule has 0 bridgehead atoms. The number of esters is 2. The van der Waals surface area contributed by atoms with E-state index in [1.807, 2.05) is 0 Å². The Hall–Kier alpha value is -1.93. The first-order valence-corrected chi connectivity index (χ1v) is 24.2. The normalized spacial score (nSPS) is 12.9. The highest BCUT2D eigenvalue weighted by Gasteiger charge is 2.25. The van der Waals surface area contributed by atoms with Gasteiger partial charge in [-0.2, -0.15) is 0 Å². The van der Waals surface area contributed by atoms with Crippen LogP contribution in [0.4, 0.5) is 0 Å². The van der Waals surface area contributed by atoms with Crippen LogP contribution in [0.3, 0.4) is 0 Å². The maximum absolute atomic E-state index is 12.7. The average molecular weight is 808 g/mol. The lowest BCUT2D eigenvalue weighted by Crippen LogP contribution is -2.55. The second-order valence-electron chi connectivity index (χ2n) is 17.7. The number of unbranched alkanes of at least 4 members (excludes halogenated alkanes) is 28. The van der Waals surface area contributed by atoms with Gasteiger partial charge in [-0.1, -0.05) is 187 Å². The molecule has 0 spiro atoms. The van der Waals surface area contributed by atoms with Crippen LogP contribution >= 0.6 is 0 Å². The lowest BCUT2D eigenvalue weighted by atomic mass is 10.0. The summed E-state index contributed by atoms with van der Waals surface area (Å²) in [4.78, 5) is 36.9. The highest BCUT2D eigenvalue weighted by atomic mass is 16.6. The van der Waals surface area contributed by atoms with Gasteiger partial charge in [0.2, 0.25) is 0 Å². The summed E-state index contributed by atoms with van der Waals surface area (Å²) in [5.74, 6) is -1.73. The van der Waals surface area contributed by atoms with E-state index in [0.29, 0.717) is 12.8 Å². The van der Waals surface area contributed by atoms with Crippen LogP contribution in [0.5, 0.6) is 0 Å². The third-order valence-electron chi connectivity index (χ3n) is 11.2. The van der Waals surface area contributed by atoms with Gasteiger partial charge in [0, 0.05) is 19.3 Å². The Morgan fingerprint density at radius 1 is 0.509 bits per heavy atom. The number of carboxylic acids is 1. The zero-order valence-electron chi connectivity index (χ0n) is 38.3. The molecular formula is C49H93NO7. The van der Waals surface area contributed by atoms with E-state index >= 15 is 0 Å². The van der Waals surface area contributed by atoms with E-state index in [-0.39, 0.29) is 42.7 Å². The number of likely N-dealkylation sites (N-methyl/N-ethyl adjacent to an activating group) is 1. The van der Waals surface area contributed by atoms with Crippen molar-refractivity contribution in [3.63, 3.8) is 0 Å². The number of allylic oxidation sites excluding steroid dienone is 2. The Balaban J connectivity index is 4.20. The molecule has 0 aromatic rings. The molecule has 0 rings (SSSR count). The first-order chi connectivity index (χ1) is 27.6. The Kier molecular flexibility index (Phi) is 39.4. The number of hydrogen-bond donors (Lipinski definition) is 0. The van der Waals surface area contributed by atoms with Crippen LogP contribution in [0, 0.1) is 0 Å². The minimum Gasteiger partial charge on any atom is -0.544 e. The fourth-order valence-corrected chi connectivity index (χ4v) is 7.36. The number of carbonyl (C=O) groups is 3. The predicted octanol–water partition coefficient (Wildman–Crippen LogP) is 12.1. The summed E-state index contributed by atoms with van der Waals surface area (Å²) in [6.45, 7) is 4.66. The average Bonchev–Trinajstić information content (AvgIpc) is 3.17. The summed E-state index contributed by atoms with van der Waals surface area (Å²) in [6.07, 6.45) is 43.8. The van der Waals surface area contributed by atoms with Crippen LogP contribution in [0.1, 0.15) is 232 Å². The topological polar surface area (TPSA) is 102 Å². The van der Waals surface area contributed by atoms with E-state index in [4.69, 9.17) is 14.2 Å². The van der Waals surface area contributed by atoms with Gasteiger partial charge in [0.25, 0.3) is 0 Å². The summed E-state index contributed by atoms with van der Waals surface area (Å²) in [7, 11) is 5.42. The molecule has 0 aliphatic rings. The van der Waals surface area contributed by atoms with E-state index in [9.17, 15) is 19.5 Å². The molecule has 0 N–H and O–H groups in total. The Bertz CT molecular complexity index is 947. The van der Waals surface area contributed by atoms with Crippen LogP contribution in [0.25, 0.3) is 0 Å². The van der Waals surface area contributed by atoms with Crippen molar-refractivity contribution in [2.24, 2.45) is 0 Å². The molecule has 2 unspecified atom stereocenters. The standard InChI is InChI=1S/C49H93NO7/c1-6-8-10-12-14-16-18-20-21-22-23-24-25-26-27-28-30-32-34-36-38-40-48(52)57-45(43-55-42-41-46(49(53)54)50(3,4)5)44-56-47(51)39-37-35-33-31-29-19-17-15-13-11-9-7-2/h15,17,45-46H,6-14,16,18-44H2,1-5H3/b17-15+. The van der Waals surface area contributed by atoms with E-state index in [1.165, 1.54) is 148 Å². The van der Waals surface area contributed by atoms with Crippen molar-refractivity contribution < 1.29 is 38.2 Å². The molecule has 0 radical (unpaired) electrons. The fraction of sp³-hybridized carbons (Fsp3) is 0.898. The molecule has 8 heteroatoms. The van der Waals surface area contributed by atoms with E-state index in [1.54, 1.807) is 21.1 Å². The monoisotopic (exact) mass is 808 g/mol. The van der Waals surface area contributed by atoms with Gasteiger partial charge in [-0.25, -0.2) is 0 Å². The zero-order chi connectivity index (χ0) is 42.1. The number of nitrogens with zero attached hydrogens (tertiary/aromatic N) is 1. The van der Waals surface area contributed by atoms with Crippen LogP contribution in [-0.4, -0.2) is 75.5 Å². The van der Waals surface area contributed by atoms with Crippen molar-refractivity contribution in [3.8, 4) is 0 Å². The van der Waals surface area contributed by atoms with E-state index in [0.717, 1.165) is 51.4 Å². The summed E-state index contributed by atoms with van der Waals surface area (Å²) >= 11 is 0. The van der Waals surface area contributed by atoms with Crippen molar-refractivity contribution in [2.45, 2.75) is 244 Å². The number of hydrogen-bond acceptors (Lipinski definition) is 7. The summed E-state index contributed by atoms with van der Waals surface area (Å²) in [6, 6.07) is -0.722. The molecule has 0 amide bonds. The van der Waals surface area contributed by atoms with E-state index < -0.39 is 18.1 Å². The van der Waals surface area contributed by atoms with E-state index in [2.05, 4.69) is 26.0 Å². The largest absolute Gasteiger partial charge is 0.544 e. The lowest BCUT2D eigenvalue weighted by molar-refractivity contribution is -0.889. The Morgan fingerprint density at radius 2 is 0.877 bits per heavy atom. The fourth-order valence-electron chi connectivity index (χ4n) is 7.36. The highest BCUT2D eigenvalue weighted by Crippen LogP contribution is 2.16. The first-order valence-electron chi connectivity index (χ1n) is 24.2. The molecule has 336 valence electrons. The molecular weight excluding hydrogens is 715 g/mol. The maximum Gasteiger partial charge on any atom is 0.306 e. The van der Waals surface area contributed by atoms with Crippen molar-refractivity contribution in [1.29, 1.82) is 0 Å². The summed E-state index contributed by atoms with van der Waals surface area (Å²) in [5.41, 5.74) is 0. The van der Waals surface area contributed by atoms with Crippen LogP contribution < -0.4 is 5.11 Å². The van der Waals surface area contributed by atoms with Gasteiger partial charge in [-0.3, -0.25) is 9.59 Å². The highest BCUT2D eigenvalue weighted by molar-refractivity contribution is 5.70. The predicted molar refractivity (Wildman–Crippen MR) is 236 cm³/mol. The number of rotatable bonds is 44. The number of quaternary nitrogens is 1. The van der Waals surface area contributed by atoms with Gasteiger partial charge in [-0.15, -0.1) is 0 Å². The molecule has 0 aliphatic heterocycles. The maximum atomic E-state index is 12.7. The van der Waals surface area contributed by atoms with Crippen LogP contribution in [0.2, 0.25) is 0 Å².